The summed E-state index contributed by atoms with van der Waals surface area (Å²) in [7, 11) is 3.84. The topological polar surface area (TPSA) is 95.1 Å². The molecule has 1 N–H and O–H groups in total. The molecule has 0 radical (unpaired) electrons. The number of pyridine rings is 1. The first kappa shape index (κ1) is 19.2. The molecule has 0 aliphatic carbocycles. The highest BCUT2D eigenvalue weighted by atomic mass is 19.1. The van der Waals surface area contributed by atoms with Crippen LogP contribution < -0.4 is 5.32 Å². The van der Waals surface area contributed by atoms with Crippen molar-refractivity contribution >= 4 is 22.4 Å². The highest BCUT2D eigenvalue weighted by Crippen LogP contribution is 2.26. The molecule has 0 aliphatic heterocycles. The van der Waals surface area contributed by atoms with Gasteiger partial charge in [-0.2, -0.15) is 5.26 Å². The lowest BCUT2D eigenvalue weighted by Crippen LogP contribution is -2.27. The predicted octanol–water partition coefficient (Wildman–Crippen LogP) is 3.87. The van der Waals surface area contributed by atoms with Gasteiger partial charge >= 0.3 is 0 Å². The van der Waals surface area contributed by atoms with E-state index < -0.39 is 4.92 Å². The van der Waals surface area contributed by atoms with Crippen LogP contribution in [0, 0.1) is 27.3 Å². The first-order chi connectivity index (χ1) is 13.4. The van der Waals surface area contributed by atoms with Gasteiger partial charge in [-0.05, 0) is 43.9 Å². The van der Waals surface area contributed by atoms with Crippen LogP contribution >= 0.6 is 0 Å². The lowest BCUT2D eigenvalue weighted by molar-refractivity contribution is -0.384. The summed E-state index contributed by atoms with van der Waals surface area (Å²) < 4.78 is 13.2. The number of aromatic nitrogens is 1. The Kier molecular flexibility index (Phi) is 5.47. The molecule has 1 atom stereocenters. The predicted molar refractivity (Wildman–Crippen MR) is 104 cm³/mol. The van der Waals surface area contributed by atoms with Crippen molar-refractivity contribution in [2.45, 2.75) is 6.04 Å². The number of nitro groups is 1. The van der Waals surface area contributed by atoms with E-state index in [-0.39, 0.29) is 17.5 Å². The van der Waals surface area contributed by atoms with Gasteiger partial charge in [-0.15, -0.1) is 0 Å². The van der Waals surface area contributed by atoms with Crippen LogP contribution in [0.3, 0.4) is 0 Å². The van der Waals surface area contributed by atoms with E-state index in [1.807, 2.05) is 19.0 Å². The summed E-state index contributed by atoms with van der Waals surface area (Å²) in [6, 6.07) is 14.1. The van der Waals surface area contributed by atoms with E-state index in [1.54, 1.807) is 18.2 Å². The summed E-state index contributed by atoms with van der Waals surface area (Å²) >= 11 is 0. The number of anilines is 1. The van der Waals surface area contributed by atoms with Gasteiger partial charge in [0.2, 0.25) is 0 Å². The summed E-state index contributed by atoms with van der Waals surface area (Å²) in [6.07, 6.45) is 0. The second-order valence-electron chi connectivity index (χ2n) is 6.54. The molecular weight excluding hydrogens is 361 g/mol. The Balaban J connectivity index is 1.89. The Morgan fingerprint density at radius 2 is 1.96 bits per heavy atom. The molecule has 0 amide bonds. The van der Waals surface area contributed by atoms with Crippen LogP contribution in [0.4, 0.5) is 15.9 Å². The van der Waals surface area contributed by atoms with E-state index in [2.05, 4.69) is 16.4 Å². The monoisotopic (exact) mass is 379 g/mol. The molecule has 28 heavy (non-hydrogen) atoms. The molecule has 0 saturated heterocycles. The summed E-state index contributed by atoms with van der Waals surface area (Å²) in [5.74, 6) is 0.199. The molecule has 1 aromatic heterocycles. The van der Waals surface area contributed by atoms with Crippen molar-refractivity contribution in [2.75, 3.05) is 26.0 Å². The zero-order valence-corrected chi connectivity index (χ0v) is 15.4. The molecule has 1 heterocycles. The molecule has 0 saturated carbocycles. The molecule has 8 heteroatoms. The average Bonchev–Trinajstić information content (AvgIpc) is 2.68. The van der Waals surface area contributed by atoms with E-state index in [4.69, 9.17) is 0 Å². The molecule has 2 aromatic carbocycles. The van der Waals surface area contributed by atoms with Crippen LogP contribution in [0.1, 0.15) is 17.2 Å². The van der Waals surface area contributed by atoms with Gasteiger partial charge in [0.05, 0.1) is 28.1 Å². The molecular formula is C20H18FN5O2. The van der Waals surface area contributed by atoms with Crippen molar-refractivity contribution in [3.05, 3.63) is 75.6 Å². The minimum Gasteiger partial charge on any atom is -0.368 e. The number of fused-ring (bicyclic) bond motifs is 1. The van der Waals surface area contributed by atoms with Crippen LogP contribution in [0.25, 0.3) is 10.9 Å². The summed E-state index contributed by atoms with van der Waals surface area (Å²) in [5.41, 5.74) is 1.65. The van der Waals surface area contributed by atoms with Crippen LogP contribution in [-0.2, 0) is 0 Å². The van der Waals surface area contributed by atoms with Crippen molar-refractivity contribution in [3.63, 3.8) is 0 Å². The standard InChI is InChI=1S/C20H18FN5O2/c1-25(2)19(13-3-5-15(21)6-4-13)12-23-20-9-14(11-22)17-10-16(26(27)28)7-8-18(17)24-20/h3-10,19H,12H2,1-2H3,(H,23,24). The van der Waals surface area contributed by atoms with Crippen molar-refractivity contribution in [3.8, 4) is 6.07 Å². The second-order valence-corrected chi connectivity index (χ2v) is 6.54. The van der Waals surface area contributed by atoms with Crippen LogP contribution in [0.15, 0.2) is 48.5 Å². The Bertz CT molecular complexity index is 1060. The summed E-state index contributed by atoms with van der Waals surface area (Å²) in [6.45, 7) is 0.481. The van der Waals surface area contributed by atoms with E-state index in [9.17, 15) is 19.8 Å². The Morgan fingerprint density at radius 3 is 2.57 bits per heavy atom. The quantitative estimate of drug-likeness (QED) is 0.516. The van der Waals surface area contributed by atoms with Gasteiger partial charge < -0.3 is 10.2 Å². The smallest absolute Gasteiger partial charge is 0.270 e. The lowest BCUT2D eigenvalue weighted by Gasteiger charge is -2.25. The number of nitriles is 1. The van der Waals surface area contributed by atoms with Crippen molar-refractivity contribution in [1.29, 1.82) is 5.26 Å². The highest BCUT2D eigenvalue weighted by Gasteiger charge is 2.16. The molecule has 0 fully saturated rings. The van der Waals surface area contributed by atoms with Gasteiger partial charge in [0.1, 0.15) is 11.6 Å². The molecule has 3 aromatic rings. The van der Waals surface area contributed by atoms with Gasteiger partial charge in [-0.25, -0.2) is 9.37 Å². The molecule has 1 unspecified atom stereocenters. The minimum absolute atomic E-state index is 0.0412. The second kappa shape index (κ2) is 7.98. The normalized spacial score (nSPS) is 12.0. The zero-order valence-electron chi connectivity index (χ0n) is 15.4. The maximum Gasteiger partial charge on any atom is 0.270 e. The van der Waals surface area contributed by atoms with E-state index >= 15 is 0 Å². The van der Waals surface area contributed by atoms with Gasteiger partial charge in [-0.3, -0.25) is 10.1 Å². The van der Waals surface area contributed by atoms with Gasteiger partial charge in [0.15, 0.2) is 0 Å². The number of benzene rings is 2. The summed E-state index contributed by atoms with van der Waals surface area (Å²) in [5, 5.41) is 24.1. The number of nitro benzene ring substituents is 1. The fraction of sp³-hybridized carbons (Fsp3) is 0.200. The Hall–Kier alpha value is -3.57. The fourth-order valence-corrected chi connectivity index (χ4v) is 3.00. The number of nitrogens with one attached hydrogen (secondary N) is 1. The number of hydrogen-bond acceptors (Lipinski definition) is 6. The van der Waals surface area contributed by atoms with Crippen molar-refractivity contribution < 1.29 is 9.31 Å². The third kappa shape index (κ3) is 4.05. The van der Waals surface area contributed by atoms with E-state index in [0.717, 1.165) is 5.56 Å². The van der Waals surface area contributed by atoms with Gasteiger partial charge in [-0.1, -0.05) is 12.1 Å². The van der Waals surface area contributed by atoms with Crippen LogP contribution in [0.5, 0.6) is 0 Å². The molecule has 0 spiro atoms. The Labute approximate surface area is 161 Å². The molecule has 142 valence electrons. The maximum absolute atomic E-state index is 13.2. The number of halogens is 1. The third-order valence-corrected chi connectivity index (χ3v) is 4.48. The first-order valence-corrected chi connectivity index (χ1v) is 8.54. The minimum atomic E-state index is -0.503. The SMILES string of the molecule is CN(C)C(CNc1cc(C#N)c2cc([N+](=O)[O-])ccc2n1)c1ccc(F)cc1. The number of likely N-dealkylation sites (N-methyl/N-ethyl adjacent to an activating group) is 1. The average molecular weight is 379 g/mol. The molecule has 7 nitrogen and oxygen atoms in total. The number of rotatable bonds is 6. The van der Waals surface area contributed by atoms with Crippen LogP contribution in [-0.4, -0.2) is 35.4 Å². The van der Waals surface area contributed by atoms with E-state index in [0.29, 0.717) is 28.8 Å². The largest absolute Gasteiger partial charge is 0.368 e. The fourth-order valence-electron chi connectivity index (χ4n) is 3.00. The van der Waals surface area contributed by atoms with Crippen molar-refractivity contribution in [2.24, 2.45) is 0 Å². The number of nitrogens with zero attached hydrogens (tertiary/aromatic N) is 4. The van der Waals surface area contributed by atoms with Gasteiger partial charge in [0, 0.05) is 24.1 Å². The van der Waals surface area contributed by atoms with Crippen molar-refractivity contribution in [1.82, 2.24) is 9.88 Å². The third-order valence-electron chi connectivity index (χ3n) is 4.48. The summed E-state index contributed by atoms with van der Waals surface area (Å²) in [4.78, 5) is 16.9. The molecule has 0 aliphatic rings. The maximum atomic E-state index is 13.2. The molecule has 3 rings (SSSR count). The van der Waals surface area contributed by atoms with E-state index in [1.165, 1.54) is 30.3 Å². The first-order valence-electron chi connectivity index (χ1n) is 8.54. The van der Waals surface area contributed by atoms with Gasteiger partial charge in [0.25, 0.3) is 5.69 Å². The lowest BCUT2D eigenvalue weighted by atomic mass is 10.1. The zero-order chi connectivity index (χ0) is 20.3. The highest BCUT2D eigenvalue weighted by molar-refractivity contribution is 5.88. The number of non-ortho nitro benzene ring substituents is 1. The Morgan fingerprint density at radius 1 is 1.25 bits per heavy atom. The number of hydrogen-bond donors (Lipinski definition) is 1. The molecule has 0 bridgehead atoms. The van der Waals surface area contributed by atoms with Crippen LogP contribution in [0.2, 0.25) is 0 Å².